The molecule has 8 nitrogen and oxygen atoms in total. The van der Waals surface area contributed by atoms with Crippen molar-refractivity contribution < 1.29 is 9.18 Å². The molecule has 0 radical (unpaired) electrons. The lowest BCUT2D eigenvalue weighted by molar-refractivity contribution is -0.123. The maximum Gasteiger partial charge on any atom is 0.346 e. The van der Waals surface area contributed by atoms with Crippen LogP contribution in [0.25, 0.3) is 0 Å². The third-order valence-electron chi connectivity index (χ3n) is 5.01. The first kappa shape index (κ1) is 19.4. The average molecular weight is 419 g/mol. The zero-order chi connectivity index (χ0) is 20.5. The summed E-state index contributed by atoms with van der Waals surface area (Å²) in [6.45, 7) is 0.985. The van der Waals surface area contributed by atoms with E-state index >= 15 is 0 Å². The molecule has 0 aliphatic carbocycles. The molecule has 0 spiro atoms. The van der Waals surface area contributed by atoms with E-state index < -0.39 is 11.7 Å². The number of carbonyl (C=O) groups is 1. The Hall–Kier alpha value is -2.94. The first-order chi connectivity index (χ1) is 13.9. The largest absolute Gasteiger partial charge is 0.351 e. The Morgan fingerprint density at radius 3 is 2.97 bits per heavy atom. The fourth-order valence-corrected chi connectivity index (χ4v) is 3.77. The highest BCUT2D eigenvalue weighted by molar-refractivity contribution is 6.31. The minimum atomic E-state index is -0.502. The molecule has 2 aromatic heterocycles. The zero-order valence-corrected chi connectivity index (χ0v) is 16.6. The lowest BCUT2D eigenvalue weighted by Crippen LogP contribution is -2.35. The molecule has 29 heavy (non-hydrogen) atoms. The van der Waals surface area contributed by atoms with E-state index in [1.54, 1.807) is 10.9 Å². The summed E-state index contributed by atoms with van der Waals surface area (Å²) in [5.74, 6) is -0.673. The van der Waals surface area contributed by atoms with E-state index in [1.165, 1.54) is 27.4 Å². The van der Waals surface area contributed by atoms with Gasteiger partial charge in [-0.2, -0.15) is 10.2 Å². The van der Waals surface area contributed by atoms with Crippen molar-refractivity contribution in [2.45, 2.75) is 38.4 Å². The summed E-state index contributed by atoms with van der Waals surface area (Å²) in [7, 11) is 1.81. The molecular formula is C19H20ClFN6O2. The van der Waals surface area contributed by atoms with Crippen LogP contribution in [0.3, 0.4) is 0 Å². The Kier molecular flexibility index (Phi) is 5.23. The molecule has 0 saturated heterocycles. The first-order valence-electron chi connectivity index (χ1n) is 9.29. The maximum absolute atomic E-state index is 13.3. The standard InChI is InChI=1S/C19H20ClFN6O2/c1-25-10-12(9-23-25)8-22-18(28)15-3-2-6-26-17(15)24-27(19(26)29)11-13-4-5-14(21)7-16(13)20/h4-5,7,9-10,15H,2-3,6,8,11H2,1H3,(H,22,28). The summed E-state index contributed by atoms with van der Waals surface area (Å²) in [5, 5.41) is 11.6. The quantitative estimate of drug-likeness (QED) is 0.684. The van der Waals surface area contributed by atoms with Gasteiger partial charge in [0.25, 0.3) is 0 Å². The molecule has 0 fully saturated rings. The molecule has 1 N–H and O–H groups in total. The van der Waals surface area contributed by atoms with Crippen LogP contribution in [0.2, 0.25) is 5.02 Å². The minimum absolute atomic E-state index is 0.113. The number of hydrogen-bond acceptors (Lipinski definition) is 4. The van der Waals surface area contributed by atoms with Crippen molar-refractivity contribution in [2.24, 2.45) is 7.05 Å². The minimum Gasteiger partial charge on any atom is -0.351 e. The van der Waals surface area contributed by atoms with Crippen LogP contribution in [0.15, 0.2) is 35.4 Å². The molecule has 152 valence electrons. The number of aromatic nitrogens is 5. The Balaban J connectivity index is 1.54. The Morgan fingerprint density at radius 1 is 1.41 bits per heavy atom. The normalized spacial score (nSPS) is 15.9. The molecule has 1 aromatic carbocycles. The summed E-state index contributed by atoms with van der Waals surface area (Å²) in [6.07, 6.45) is 4.85. The summed E-state index contributed by atoms with van der Waals surface area (Å²) < 4.78 is 17.8. The van der Waals surface area contributed by atoms with Gasteiger partial charge < -0.3 is 5.32 Å². The molecule has 1 atom stereocenters. The van der Waals surface area contributed by atoms with Crippen molar-refractivity contribution in [2.75, 3.05) is 0 Å². The lowest BCUT2D eigenvalue weighted by Gasteiger charge is -2.21. The number of fused-ring (bicyclic) bond motifs is 1. The molecule has 3 aromatic rings. The highest BCUT2D eigenvalue weighted by atomic mass is 35.5. The smallest absolute Gasteiger partial charge is 0.346 e. The average Bonchev–Trinajstić information content (AvgIpc) is 3.25. The van der Waals surface area contributed by atoms with E-state index in [-0.39, 0.29) is 23.2 Å². The van der Waals surface area contributed by atoms with Gasteiger partial charge in [0.15, 0.2) is 0 Å². The van der Waals surface area contributed by atoms with Gasteiger partial charge in [0, 0.05) is 36.9 Å². The number of carbonyl (C=O) groups excluding carboxylic acids is 1. The van der Waals surface area contributed by atoms with Crippen LogP contribution in [0.1, 0.15) is 35.7 Å². The predicted molar refractivity (Wildman–Crippen MR) is 104 cm³/mol. The molecule has 4 rings (SSSR count). The van der Waals surface area contributed by atoms with E-state index in [0.29, 0.717) is 37.3 Å². The second-order valence-corrected chi connectivity index (χ2v) is 7.53. The fourth-order valence-electron chi connectivity index (χ4n) is 3.55. The van der Waals surface area contributed by atoms with Gasteiger partial charge >= 0.3 is 5.69 Å². The second-order valence-electron chi connectivity index (χ2n) is 7.12. The topological polar surface area (TPSA) is 86.7 Å². The molecule has 10 heteroatoms. The van der Waals surface area contributed by atoms with Crippen molar-refractivity contribution in [3.8, 4) is 0 Å². The molecular weight excluding hydrogens is 399 g/mol. The molecule has 1 aliphatic rings. The Morgan fingerprint density at radius 2 is 2.24 bits per heavy atom. The van der Waals surface area contributed by atoms with E-state index in [9.17, 15) is 14.0 Å². The molecule has 0 bridgehead atoms. The van der Waals surface area contributed by atoms with Crippen molar-refractivity contribution in [3.63, 3.8) is 0 Å². The van der Waals surface area contributed by atoms with Gasteiger partial charge in [-0.1, -0.05) is 17.7 Å². The molecule has 1 amide bonds. The lowest BCUT2D eigenvalue weighted by atomic mass is 9.98. The summed E-state index contributed by atoms with van der Waals surface area (Å²) in [6, 6.07) is 4.02. The predicted octanol–water partition coefficient (Wildman–Crippen LogP) is 1.81. The van der Waals surface area contributed by atoms with Crippen LogP contribution in [0.5, 0.6) is 0 Å². The summed E-state index contributed by atoms with van der Waals surface area (Å²) in [4.78, 5) is 25.5. The van der Waals surface area contributed by atoms with Crippen LogP contribution >= 0.6 is 11.6 Å². The highest BCUT2D eigenvalue weighted by Crippen LogP contribution is 2.25. The first-order valence-corrected chi connectivity index (χ1v) is 9.67. The molecule has 0 saturated carbocycles. The molecule has 3 heterocycles. The van der Waals surface area contributed by atoms with Crippen LogP contribution in [-0.4, -0.2) is 30.0 Å². The van der Waals surface area contributed by atoms with Gasteiger partial charge in [-0.3, -0.25) is 14.0 Å². The van der Waals surface area contributed by atoms with Crippen LogP contribution in [0.4, 0.5) is 4.39 Å². The number of rotatable bonds is 5. The van der Waals surface area contributed by atoms with Gasteiger partial charge in [0.2, 0.25) is 5.91 Å². The number of benzene rings is 1. The highest BCUT2D eigenvalue weighted by Gasteiger charge is 2.31. The maximum atomic E-state index is 13.3. The SMILES string of the molecule is Cn1cc(CNC(=O)C2CCCn3c2nn(Cc2ccc(F)cc2Cl)c3=O)cn1. The van der Waals surface area contributed by atoms with E-state index in [1.807, 2.05) is 13.2 Å². The van der Waals surface area contributed by atoms with Gasteiger partial charge in [-0.25, -0.2) is 13.9 Å². The summed E-state index contributed by atoms with van der Waals surface area (Å²) in [5.41, 5.74) is 1.18. The number of amides is 1. The molecule has 1 aliphatic heterocycles. The number of halogens is 2. The van der Waals surface area contributed by atoms with E-state index in [2.05, 4.69) is 15.5 Å². The van der Waals surface area contributed by atoms with E-state index in [0.717, 1.165) is 5.56 Å². The third kappa shape index (κ3) is 3.95. The van der Waals surface area contributed by atoms with Crippen LogP contribution in [0, 0.1) is 5.82 Å². The Bertz CT molecular complexity index is 1120. The number of nitrogens with zero attached hydrogens (tertiary/aromatic N) is 5. The van der Waals surface area contributed by atoms with Gasteiger partial charge in [-0.05, 0) is 30.5 Å². The van der Waals surface area contributed by atoms with Gasteiger partial charge in [-0.15, -0.1) is 0 Å². The Labute approximate surface area is 170 Å². The summed E-state index contributed by atoms with van der Waals surface area (Å²) >= 11 is 6.08. The van der Waals surface area contributed by atoms with Gasteiger partial charge in [0.1, 0.15) is 11.6 Å². The van der Waals surface area contributed by atoms with Gasteiger partial charge in [0.05, 0.1) is 18.7 Å². The molecule has 1 unspecified atom stereocenters. The third-order valence-corrected chi connectivity index (χ3v) is 5.37. The number of aryl methyl sites for hydroxylation is 1. The fraction of sp³-hybridized carbons (Fsp3) is 0.368. The van der Waals surface area contributed by atoms with Crippen molar-refractivity contribution >= 4 is 17.5 Å². The van der Waals surface area contributed by atoms with Crippen LogP contribution in [-0.2, 0) is 31.5 Å². The van der Waals surface area contributed by atoms with Crippen molar-refractivity contribution in [1.82, 2.24) is 29.4 Å². The van der Waals surface area contributed by atoms with Crippen molar-refractivity contribution in [3.05, 3.63) is 68.9 Å². The van der Waals surface area contributed by atoms with Crippen molar-refractivity contribution in [1.29, 1.82) is 0 Å². The number of nitrogens with one attached hydrogen (secondary N) is 1. The van der Waals surface area contributed by atoms with E-state index in [4.69, 9.17) is 11.6 Å². The number of hydrogen-bond donors (Lipinski definition) is 1. The zero-order valence-electron chi connectivity index (χ0n) is 15.8. The van der Waals surface area contributed by atoms with Crippen LogP contribution < -0.4 is 11.0 Å². The second kappa shape index (κ2) is 7.82. The monoisotopic (exact) mass is 418 g/mol.